The third-order valence-corrected chi connectivity index (χ3v) is 3.36. The molecule has 0 unspecified atom stereocenters. The molecule has 0 radical (unpaired) electrons. The Balaban J connectivity index is 1.76. The van der Waals surface area contributed by atoms with Gasteiger partial charge in [-0.15, -0.1) is 11.8 Å². The van der Waals surface area contributed by atoms with E-state index in [2.05, 4.69) is 6.07 Å². The van der Waals surface area contributed by atoms with Crippen LogP contribution in [0.1, 0.15) is 5.56 Å². The van der Waals surface area contributed by atoms with Crippen LogP contribution in [-0.4, -0.2) is 12.4 Å². The van der Waals surface area contributed by atoms with E-state index in [4.69, 9.17) is 10.00 Å². The number of hydrogen-bond donors (Lipinski definition) is 0. The molecule has 0 aliphatic carbocycles. The summed E-state index contributed by atoms with van der Waals surface area (Å²) in [5.41, 5.74) is 0.612. The van der Waals surface area contributed by atoms with Crippen molar-refractivity contribution in [2.75, 3.05) is 12.4 Å². The summed E-state index contributed by atoms with van der Waals surface area (Å²) >= 11 is 1.54. The molecule has 2 nitrogen and oxygen atoms in total. The second-order valence-corrected chi connectivity index (χ2v) is 4.96. The van der Waals surface area contributed by atoms with Crippen molar-refractivity contribution in [1.82, 2.24) is 0 Å². The van der Waals surface area contributed by atoms with Crippen LogP contribution < -0.4 is 4.74 Å². The van der Waals surface area contributed by atoms with E-state index in [9.17, 15) is 4.39 Å². The molecular weight excluding hydrogens is 261 g/mol. The maximum atomic E-state index is 12.9. The zero-order valence-corrected chi connectivity index (χ0v) is 11.0. The number of rotatable bonds is 5. The monoisotopic (exact) mass is 273 g/mol. The lowest BCUT2D eigenvalue weighted by Crippen LogP contribution is -1.99. The highest BCUT2D eigenvalue weighted by Gasteiger charge is 1.98. The van der Waals surface area contributed by atoms with Crippen LogP contribution in [0.15, 0.2) is 53.4 Å². The third-order valence-electron chi connectivity index (χ3n) is 2.40. The molecule has 0 amide bonds. The van der Waals surface area contributed by atoms with Gasteiger partial charge in [0.1, 0.15) is 11.6 Å². The maximum absolute atomic E-state index is 12.9. The molecule has 0 atom stereocenters. The summed E-state index contributed by atoms with van der Waals surface area (Å²) in [5.74, 6) is 1.25. The normalized spacial score (nSPS) is 9.89. The molecule has 0 N–H and O–H groups in total. The van der Waals surface area contributed by atoms with Crippen molar-refractivity contribution in [3.05, 3.63) is 59.9 Å². The fraction of sp³-hybridized carbons (Fsp3) is 0.133. The quantitative estimate of drug-likeness (QED) is 0.612. The minimum atomic E-state index is -0.224. The first-order valence-corrected chi connectivity index (χ1v) is 6.78. The summed E-state index contributed by atoms with van der Waals surface area (Å²) < 4.78 is 18.5. The largest absolute Gasteiger partial charge is 0.493 e. The van der Waals surface area contributed by atoms with Gasteiger partial charge in [0.15, 0.2) is 0 Å². The summed E-state index contributed by atoms with van der Waals surface area (Å²) in [7, 11) is 0. The molecule has 2 aromatic carbocycles. The molecule has 0 saturated heterocycles. The van der Waals surface area contributed by atoms with Gasteiger partial charge in [-0.3, -0.25) is 0 Å². The van der Waals surface area contributed by atoms with Crippen LogP contribution in [0.5, 0.6) is 5.75 Å². The Hall–Kier alpha value is -1.99. The fourth-order valence-electron chi connectivity index (χ4n) is 1.50. The first kappa shape index (κ1) is 13.4. The molecule has 0 aliphatic rings. The molecule has 2 rings (SSSR count). The molecule has 0 saturated carbocycles. The zero-order chi connectivity index (χ0) is 13.5. The van der Waals surface area contributed by atoms with Crippen LogP contribution in [0.4, 0.5) is 4.39 Å². The Bertz CT molecular complexity index is 577. The predicted octanol–water partition coefficient (Wildman–Crippen LogP) is 3.87. The van der Waals surface area contributed by atoms with E-state index in [0.29, 0.717) is 12.2 Å². The standard InChI is InChI=1S/C15H12FNOS/c16-13-2-1-3-15(10-13)19-9-8-18-14-6-4-12(11-17)5-7-14/h1-7,10H,8-9H2. The van der Waals surface area contributed by atoms with Crippen LogP contribution in [0, 0.1) is 17.1 Å². The maximum Gasteiger partial charge on any atom is 0.124 e. The fourth-order valence-corrected chi connectivity index (χ4v) is 2.27. The van der Waals surface area contributed by atoms with Crippen molar-refractivity contribution in [1.29, 1.82) is 5.26 Å². The molecule has 0 aliphatic heterocycles. The minimum absolute atomic E-state index is 0.224. The average Bonchev–Trinajstić information content (AvgIpc) is 2.44. The average molecular weight is 273 g/mol. The lowest BCUT2D eigenvalue weighted by Gasteiger charge is -2.06. The van der Waals surface area contributed by atoms with Gasteiger partial charge < -0.3 is 4.74 Å². The summed E-state index contributed by atoms with van der Waals surface area (Å²) in [4.78, 5) is 0.892. The van der Waals surface area contributed by atoms with Gasteiger partial charge in [0.25, 0.3) is 0 Å². The lowest BCUT2D eigenvalue weighted by molar-refractivity contribution is 0.344. The van der Waals surface area contributed by atoms with Gasteiger partial charge in [0, 0.05) is 10.6 Å². The van der Waals surface area contributed by atoms with Crippen LogP contribution in [0.3, 0.4) is 0 Å². The summed E-state index contributed by atoms with van der Waals surface area (Å²) in [6, 6.07) is 15.5. The minimum Gasteiger partial charge on any atom is -0.493 e. The van der Waals surface area contributed by atoms with Gasteiger partial charge in [-0.25, -0.2) is 4.39 Å². The summed E-state index contributed by atoms with van der Waals surface area (Å²) in [6.45, 7) is 0.535. The van der Waals surface area contributed by atoms with E-state index in [1.54, 1.807) is 42.1 Å². The van der Waals surface area contributed by atoms with Crippen molar-refractivity contribution in [3.8, 4) is 11.8 Å². The van der Waals surface area contributed by atoms with Crippen molar-refractivity contribution in [2.45, 2.75) is 4.90 Å². The predicted molar refractivity (Wildman–Crippen MR) is 73.8 cm³/mol. The lowest BCUT2D eigenvalue weighted by atomic mass is 10.2. The number of nitrogens with zero attached hydrogens (tertiary/aromatic N) is 1. The second kappa shape index (κ2) is 6.81. The number of ether oxygens (including phenoxy) is 1. The number of hydrogen-bond acceptors (Lipinski definition) is 3. The molecule has 0 heterocycles. The molecule has 96 valence electrons. The van der Waals surface area contributed by atoms with Gasteiger partial charge in [-0.1, -0.05) is 6.07 Å². The smallest absolute Gasteiger partial charge is 0.124 e. The summed E-state index contributed by atoms with van der Waals surface area (Å²) in [6.07, 6.45) is 0. The van der Waals surface area contributed by atoms with Crippen molar-refractivity contribution < 1.29 is 9.13 Å². The van der Waals surface area contributed by atoms with E-state index in [1.807, 2.05) is 6.07 Å². The number of halogens is 1. The molecule has 0 aromatic heterocycles. The van der Waals surface area contributed by atoms with Gasteiger partial charge >= 0.3 is 0 Å². The first-order valence-electron chi connectivity index (χ1n) is 5.79. The Labute approximate surface area is 115 Å². The van der Waals surface area contributed by atoms with E-state index < -0.39 is 0 Å². The van der Waals surface area contributed by atoms with Crippen molar-refractivity contribution >= 4 is 11.8 Å². The van der Waals surface area contributed by atoms with E-state index in [-0.39, 0.29) is 5.82 Å². The molecule has 0 spiro atoms. The van der Waals surface area contributed by atoms with Crippen LogP contribution in [0.25, 0.3) is 0 Å². The molecule has 0 fully saturated rings. The van der Waals surface area contributed by atoms with Crippen LogP contribution in [-0.2, 0) is 0 Å². The molecule has 2 aromatic rings. The van der Waals surface area contributed by atoms with Crippen LogP contribution in [0.2, 0.25) is 0 Å². The highest BCUT2D eigenvalue weighted by atomic mass is 32.2. The zero-order valence-electron chi connectivity index (χ0n) is 10.2. The van der Waals surface area contributed by atoms with Gasteiger partial charge in [-0.05, 0) is 42.5 Å². The second-order valence-electron chi connectivity index (χ2n) is 3.79. The highest BCUT2D eigenvalue weighted by Crippen LogP contribution is 2.19. The Morgan fingerprint density at radius 3 is 2.63 bits per heavy atom. The summed E-state index contributed by atoms with van der Waals surface area (Å²) in [5, 5.41) is 8.67. The SMILES string of the molecule is N#Cc1ccc(OCCSc2cccc(F)c2)cc1. The Morgan fingerprint density at radius 2 is 1.95 bits per heavy atom. The Morgan fingerprint density at radius 1 is 1.16 bits per heavy atom. The van der Waals surface area contributed by atoms with E-state index in [1.165, 1.54) is 12.1 Å². The molecule has 0 bridgehead atoms. The third kappa shape index (κ3) is 4.31. The molecule has 4 heteroatoms. The number of nitriles is 1. The Kier molecular flexibility index (Phi) is 4.82. The van der Waals surface area contributed by atoms with Gasteiger partial charge in [0.2, 0.25) is 0 Å². The number of benzene rings is 2. The molecular formula is C15H12FNOS. The van der Waals surface area contributed by atoms with Gasteiger partial charge in [-0.2, -0.15) is 5.26 Å². The van der Waals surface area contributed by atoms with E-state index in [0.717, 1.165) is 16.4 Å². The number of thioether (sulfide) groups is 1. The van der Waals surface area contributed by atoms with Gasteiger partial charge in [0.05, 0.1) is 18.2 Å². The topological polar surface area (TPSA) is 33.0 Å². The first-order chi connectivity index (χ1) is 9.28. The van der Waals surface area contributed by atoms with Crippen LogP contribution >= 0.6 is 11.8 Å². The van der Waals surface area contributed by atoms with Crippen molar-refractivity contribution in [2.24, 2.45) is 0 Å². The van der Waals surface area contributed by atoms with E-state index >= 15 is 0 Å². The van der Waals surface area contributed by atoms with Crippen molar-refractivity contribution in [3.63, 3.8) is 0 Å². The molecule has 19 heavy (non-hydrogen) atoms. The highest BCUT2D eigenvalue weighted by molar-refractivity contribution is 7.99.